The predicted molar refractivity (Wildman–Crippen MR) is 112 cm³/mol. The molecule has 2 atom stereocenters. The maximum Gasteiger partial charge on any atom is 0.310 e. The Balaban J connectivity index is 1.47. The summed E-state index contributed by atoms with van der Waals surface area (Å²) in [6.45, 7) is 2.66. The number of hydrogen-bond acceptors (Lipinski definition) is 4. The highest BCUT2D eigenvalue weighted by Gasteiger charge is 2.45. The first-order valence-corrected chi connectivity index (χ1v) is 10.3. The molecular weight excluding hydrogens is 424 g/mol. The van der Waals surface area contributed by atoms with Crippen molar-refractivity contribution >= 4 is 17.3 Å². The molecule has 0 radical (unpaired) electrons. The van der Waals surface area contributed by atoms with Crippen LogP contribution in [0.5, 0.6) is 0 Å². The number of piperidine rings is 1. The fourth-order valence-electron chi connectivity index (χ4n) is 4.35. The summed E-state index contributed by atoms with van der Waals surface area (Å²) in [7, 11) is 0. The zero-order valence-electron chi connectivity index (χ0n) is 17.2. The number of nitrogens with one attached hydrogen (secondary N) is 1. The van der Waals surface area contributed by atoms with Crippen molar-refractivity contribution in [2.75, 3.05) is 16.8 Å². The SMILES string of the molecule is Cc1ccc(N2CC3CCC32)cc1Nc1nc(=O)c(F)cn1Cc1cc(F)c(F)c(F)c1. The van der Waals surface area contributed by atoms with Crippen LogP contribution in [-0.4, -0.2) is 22.1 Å². The van der Waals surface area contributed by atoms with Crippen LogP contribution in [0.15, 0.2) is 41.3 Å². The lowest BCUT2D eigenvalue weighted by atomic mass is 9.71. The van der Waals surface area contributed by atoms with Gasteiger partial charge in [0.1, 0.15) is 0 Å². The molecule has 9 heteroatoms. The van der Waals surface area contributed by atoms with Crippen LogP contribution in [0.3, 0.4) is 0 Å². The van der Waals surface area contributed by atoms with E-state index in [-0.39, 0.29) is 18.1 Å². The van der Waals surface area contributed by atoms with Gasteiger partial charge in [-0.15, -0.1) is 0 Å². The van der Waals surface area contributed by atoms with Gasteiger partial charge >= 0.3 is 5.56 Å². The molecule has 2 heterocycles. The predicted octanol–water partition coefficient (Wildman–Crippen LogP) is 4.50. The minimum atomic E-state index is -1.58. The van der Waals surface area contributed by atoms with Crippen LogP contribution >= 0.6 is 0 Å². The monoisotopic (exact) mass is 444 g/mol. The molecule has 0 bridgehead atoms. The average Bonchev–Trinajstić information content (AvgIpc) is 2.73. The molecule has 2 aliphatic rings. The van der Waals surface area contributed by atoms with Crippen LogP contribution in [-0.2, 0) is 6.54 Å². The van der Waals surface area contributed by atoms with Crippen LogP contribution < -0.4 is 15.8 Å². The Morgan fingerprint density at radius 3 is 2.44 bits per heavy atom. The highest BCUT2D eigenvalue weighted by molar-refractivity contribution is 5.67. The van der Waals surface area contributed by atoms with Gasteiger partial charge in [-0.2, -0.15) is 9.37 Å². The molecule has 2 unspecified atom stereocenters. The van der Waals surface area contributed by atoms with E-state index in [4.69, 9.17) is 0 Å². The van der Waals surface area contributed by atoms with Crippen molar-refractivity contribution in [2.24, 2.45) is 5.92 Å². The van der Waals surface area contributed by atoms with Gasteiger partial charge in [0.05, 0.1) is 6.54 Å². The van der Waals surface area contributed by atoms with Crippen molar-refractivity contribution in [3.8, 4) is 0 Å². The number of aromatic nitrogens is 2. The third-order valence-corrected chi connectivity index (χ3v) is 6.36. The van der Waals surface area contributed by atoms with Gasteiger partial charge in [-0.3, -0.25) is 4.79 Å². The first kappa shape index (κ1) is 20.5. The van der Waals surface area contributed by atoms with Crippen LogP contribution in [0.25, 0.3) is 0 Å². The Bertz CT molecular complexity index is 1250. The highest BCUT2D eigenvalue weighted by Crippen LogP contribution is 2.44. The molecule has 2 aromatic carbocycles. The van der Waals surface area contributed by atoms with E-state index in [1.807, 2.05) is 25.1 Å². The van der Waals surface area contributed by atoms with Gasteiger partial charge in [0, 0.05) is 30.2 Å². The topological polar surface area (TPSA) is 50.2 Å². The minimum absolute atomic E-state index is 0.00641. The molecular formula is C23H20F4N4O. The molecule has 5 nitrogen and oxygen atoms in total. The second-order valence-corrected chi connectivity index (χ2v) is 8.40. The molecule has 2 fully saturated rings. The van der Waals surface area contributed by atoms with Crippen LogP contribution in [0, 0.1) is 36.1 Å². The lowest BCUT2D eigenvalue weighted by Gasteiger charge is -2.57. The van der Waals surface area contributed by atoms with Gasteiger partial charge in [-0.05, 0) is 61.1 Å². The number of benzene rings is 2. The van der Waals surface area contributed by atoms with Crippen molar-refractivity contribution in [2.45, 2.75) is 32.4 Å². The smallest absolute Gasteiger partial charge is 0.310 e. The maximum atomic E-state index is 14.0. The summed E-state index contributed by atoms with van der Waals surface area (Å²) in [6, 6.07) is 8.13. The molecule has 166 valence electrons. The molecule has 1 N–H and O–H groups in total. The quantitative estimate of drug-likeness (QED) is 0.465. The molecule has 32 heavy (non-hydrogen) atoms. The van der Waals surface area contributed by atoms with Gasteiger partial charge in [-0.1, -0.05) is 6.07 Å². The Labute approximate surface area is 181 Å². The molecule has 0 amide bonds. The van der Waals surface area contributed by atoms with Gasteiger partial charge < -0.3 is 14.8 Å². The number of rotatable bonds is 5. The number of hydrogen-bond donors (Lipinski definition) is 1. The van der Waals surface area contributed by atoms with Crippen molar-refractivity contribution in [3.05, 3.63) is 81.3 Å². The van der Waals surface area contributed by atoms with E-state index in [0.717, 1.165) is 42.0 Å². The molecule has 5 rings (SSSR count). The summed E-state index contributed by atoms with van der Waals surface area (Å²) in [6.07, 6.45) is 3.34. The van der Waals surface area contributed by atoms with Gasteiger partial charge in [-0.25, -0.2) is 13.2 Å². The van der Waals surface area contributed by atoms with Crippen LogP contribution in [0.2, 0.25) is 0 Å². The van der Waals surface area contributed by atoms with E-state index in [2.05, 4.69) is 15.2 Å². The molecule has 1 aliphatic heterocycles. The summed E-state index contributed by atoms with van der Waals surface area (Å²) >= 11 is 0. The third-order valence-electron chi connectivity index (χ3n) is 6.36. The molecule has 1 saturated carbocycles. The standard InChI is InChI=1S/C23H20F4N4O/c1-12-2-4-15(31-10-14-3-5-20(14)31)8-19(12)28-23-29-22(32)18(26)11-30(23)9-13-6-16(24)21(27)17(25)7-13/h2,4,6-8,11,14,20H,3,5,9-10H2,1H3,(H,28,29,32). The van der Waals surface area contributed by atoms with E-state index < -0.39 is 28.8 Å². The Kier molecular flexibility index (Phi) is 4.91. The molecule has 1 saturated heterocycles. The van der Waals surface area contributed by atoms with E-state index in [0.29, 0.717) is 11.7 Å². The Hall–Kier alpha value is -3.36. The fourth-order valence-corrected chi connectivity index (χ4v) is 4.35. The first-order chi connectivity index (χ1) is 15.3. The number of aryl methyl sites for hydroxylation is 1. The molecule has 1 aromatic heterocycles. The normalized spacial score (nSPS) is 19.2. The summed E-state index contributed by atoms with van der Waals surface area (Å²) in [5.41, 5.74) is 1.58. The molecule has 3 aromatic rings. The lowest BCUT2D eigenvalue weighted by molar-refractivity contribution is 0.159. The average molecular weight is 444 g/mol. The largest absolute Gasteiger partial charge is 0.368 e. The summed E-state index contributed by atoms with van der Waals surface area (Å²) in [4.78, 5) is 18.0. The van der Waals surface area contributed by atoms with Crippen molar-refractivity contribution in [1.82, 2.24) is 9.55 Å². The lowest BCUT2D eigenvalue weighted by Crippen LogP contribution is -2.62. The zero-order chi connectivity index (χ0) is 22.6. The summed E-state index contributed by atoms with van der Waals surface area (Å²) in [5, 5.41) is 3.05. The van der Waals surface area contributed by atoms with Crippen molar-refractivity contribution in [3.63, 3.8) is 0 Å². The fraction of sp³-hybridized carbons (Fsp3) is 0.304. The van der Waals surface area contributed by atoms with Gasteiger partial charge in [0.2, 0.25) is 11.8 Å². The second kappa shape index (κ2) is 7.65. The van der Waals surface area contributed by atoms with E-state index in [9.17, 15) is 22.4 Å². The van der Waals surface area contributed by atoms with E-state index >= 15 is 0 Å². The summed E-state index contributed by atoms with van der Waals surface area (Å²) in [5.74, 6) is -4.63. The minimum Gasteiger partial charge on any atom is -0.368 e. The molecule has 1 aliphatic carbocycles. The van der Waals surface area contributed by atoms with E-state index in [1.165, 1.54) is 17.4 Å². The van der Waals surface area contributed by atoms with Gasteiger partial charge in [0.25, 0.3) is 0 Å². The number of fused-ring (bicyclic) bond motifs is 1. The van der Waals surface area contributed by atoms with Gasteiger partial charge in [0.15, 0.2) is 17.5 Å². The summed E-state index contributed by atoms with van der Waals surface area (Å²) < 4.78 is 55.7. The zero-order valence-corrected chi connectivity index (χ0v) is 17.2. The van der Waals surface area contributed by atoms with Crippen molar-refractivity contribution in [1.29, 1.82) is 0 Å². The van der Waals surface area contributed by atoms with E-state index in [1.54, 1.807) is 0 Å². The Morgan fingerprint density at radius 2 is 1.81 bits per heavy atom. The highest BCUT2D eigenvalue weighted by atomic mass is 19.2. The second-order valence-electron chi connectivity index (χ2n) is 8.40. The first-order valence-electron chi connectivity index (χ1n) is 10.3. The third kappa shape index (κ3) is 3.51. The maximum absolute atomic E-state index is 14.0. The Morgan fingerprint density at radius 1 is 1.06 bits per heavy atom. The van der Waals surface area contributed by atoms with Crippen LogP contribution in [0.1, 0.15) is 24.0 Å². The molecule has 0 spiro atoms. The number of nitrogens with zero attached hydrogens (tertiary/aromatic N) is 3. The number of halogens is 4. The van der Waals surface area contributed by atoms with Crippen LogP contribution in [0.4, 0.5) is 34.9 Å². The van der Waals surface area contributed by atoms with Crippen molar-refractivity contribution < 1.29 is 17.6 Å². The number of anilines is 3.